The van der Waals surface area contributed by atoms with Gasteiger partial charge in [-0.3, -0.25) is 4.79 Å². The number of nitrogens with zero attached hydrogens (tertiary/aromatic N) is 2. The number of methoxy groups -OCH3 is 1. The van der Waals surface area contributed by atoms with Gasteiger partial charge in [-0.05, 0) is 44.4 Å². The topological polar surface area (TPSA) is 67.7 Å². The smallest absolute Gasteiger partial charge is 0.255 e. The molecule has 22 heavy (non-hydrogen) atoms. The molecule has 2 aromatic rings. The summed E-state index contributed by atoms with van der Waals surface area (Å²) in [7, 11) is 1.61. The van der Waals surface area contributed by atoms with Crippen LogP contribution in [0, 0.1) is 0 Å². The van der Waals surface area contributed by atoms with E-state index < -0.39 is 0 Å². The molecule has 2 aliphatic rings. The average Bonchev–Trinajstić information content (AvgIpc) is 3.10. The molecular formula is C16H20N4O2. The second-order valence-corrected chi connectivity index (χ2v) is 6.18. The number of amides is 1. The first kappa shape index (κ1) is 13.6. The van der Waals surface area contributed by atoms with Gasteiger partial charge in [0.05, 0.1) is 18.9 Å². The van der Waals surface area contributed by atoms with Crippen molar-refractivity contribution in [1.29, 1.82) is 0 Å². The lowest BCUT2D eigenvalue weighted by atomic mass is 9.73. The van der Waals surface area contributed by atoms with E-state index in [1.165, 1.54) is 6.42 Å². The number of aromatic nitrogens is 2. The Labute approximate surface area is 128 Å². The van der Waals surface area contributed by atoms with Crippen molar-refractivity contribution in [1.82, 2.24) is 20.2 Å². The fourth-order valence-electron chi connectivity index (χ4n) is 3.74. The molecule has 1 aliphatic carbocycles. The summed E-state index contributed by atoms with van der Waals surface area (Å²) in [6.45, 7) is 0.975. The Morgan fingerprint density at radius 2 is 2.41 bits per heavy atom. The minimum absolute atomic E-state index is 0.0699. The van der Waals surface area contributed by atoms with E-state index in [4.69, 9.17) is 4.74 Å². The van der Waals surface area contributed by atoms with E-state index >= 15 is 0 Å². The van der Waals surface area contributed by atoms with Crippen molar-refractivity contribution in [2.45, 2.75) is 37.3 Å². The number of carbonyl (C=O) groups excluding carboxylic acids is 1. The highest BCUT2D eigenvalue weighted by Crippen LogP contribution is 2.39. The molecular weight excluding hydrogens is 280 g/mol. The van der Waals surface area contributed by atoms with Gasteiger partial charge in [-0.15, -0.1) is 0 Å². The molecule has 116 valence electrons. The van der Waals surface area contributed by atoms with Crippen molar-refractivity contribution in [3.05, 3.63) is 30.1 Å². The summed E-state index contributed by atoms with van der Waals surface area (Å²) >= 11 is 0. The highest BCUT2D eigenvalue weighted by atomic mass is 16.5. The zero-order chi connectivity index (χ0) is 15.2. The van der Waals surface area contributed by atoms with Gasteiger partial charge >= 0.3 is 0 Å². The number of fused-ring (bicyclic) bond motifs is 1. The first-order valence-corrected chi connectivity index (χ1v) is 7.80. The minimum Gasteiger partial charge on any atom is -0.494 e. The summed E-state index contributed by atoms with van der Waals surface area (Å²) < 4.78 is 7.05. The molecule has 2 fully saturated rings. The van der Waals surface area contributed by atoms with Gasteiger partial charge in [0.1, 0.15) is 11.3 Å². The third kappa shape index (κ3) is 1.90. The maximum atomic E-state index is 12.7. The number of nitrogens with one attached hydrogen (secondary N) is 2. The van der Waals surface area contributed by atoms with Crippen LogP contribution in [0.5, 0.6) is 5.75 Å². The molecule has 1 aliphatic heterocycles. The Morgan fingerprint density at radius 3 is 3.14 bits per heavy atom. The summed E-state index contributed by atoms with van der Waals surface area (Å²) in [6.07, 6.45) is 7.96. The van der Waals surface area contributed by atoms with Crippen LogP contribution in [0.25, 0.3) is 5.52 Å². The van der Waals surface area contributed by atoms with Crippen molar-refractivity contribution >= 4 is 11.4 Å². The van der Waals surface area contributed by atoms with Crippen LogP contribution in [0.15, 0.2) is 24.5 Å². The summed E-state index contributed by atoms with van der Waals surface area (Å²) in [4.78, 5) is 12.7. The fraction of sp³-hybridized carbons (Fsp3) is 0.500. The van der Waals surface area contributed by atoms with Crippen molar-refractivity contribution in [3.8, 4) is 5.75 Å². The Hall–Kier alpha value is -2.08. The number of hydrogen-bond donors (Lipinski definition) is 2. The van der Waals surface area contributed by atoms with Crippen LogP contribution < -0.4 is 15.4 Å². The molecule has 0 radical (unpaired) electrons. The molecule has 1 saturated carbocycles. The van der Waals surface area contributed by atoms with Crippen molar-refractivity contribution in [2.24, 2.45) is 0 Å². The second-order valence-electron chi connectivity index (χ2n) is 6.18. The first-order valence-electron chi connectivity index (χ1n) is 7.80. The SMILES string of the molecule is COc1cccn2ncc(C(=O)NC3CCNC34CCC4)c12. The zero-order valence-corrected chi connectivity index (χ0v) is 12.6. The van der Waals surface area contributed by atoms with E-state index in [1.807, 2.05) is 18.3 Å². The van der Waals surface area contributed by atoms with E-state index in [0.29, 0.717) is 11.3 Å². The Bertz CT molecular complexity index is 720. The van der Waals surface area contributed by atoms with Crippen LogP contribution in [0.3, 0.4) is 0 Å². The van der Waals surface area contributed by atoms with Crippen LogP contribution >= 0.6 is 0 Å². The molecule has 1 atom stereocenters. The van der Waals surface area contributed by atoms with Gasteiger partial charge < -0.3 is 15.4 Å². The van der Waals surface area contributed by atoms with Crippen LogP contribution in [0.4, 0.5) is 0 Å². The quantitative estimate of drug-likeness (QED) is 0.898. The monoisotopic (exact) mass is 300 g/mol. The first-order chi connectivity index (χ1) is 10.7. The fourth-order valence-corrected chi connectivity index (χ4v) is 3.74. The predicted molar refractivity (Wildman–Crippen MR) is 82.2 cm³/mol. The molecule has 4 rings (SSSR count). The molecule has 2 aromatic heterocycles. The number of carbonyl (C=O) groups is 1. The van der Waals surface area contributed by atoms with E-state index in [1.54, 1.807) is 17.8 Å². The lowest BCUT2D eigenvalue weighted by Gasteiger charge is -2.43. The Balaban J connectivity index is 1.63. The number of ether oxygens (including phenoxy) is 1. The van der Waals surface area contributed by atoms with Crippen molar-refractivity contribution in [2.75, 3.05) is 13.7 Å². The van der Waals surface area contributed by atoms with Gasteiger partial charge in [0.2, 0.25) is 0 Å². The van der Waals surface area contributed by atoms with Gasteiger partial charge in [-0.2, -0.15) is 5.10 Å². The maximum Gasteiger partial charge on any atom is 0.255 e. The summed E-state index contributed by atoms with van der Waals surface area (Å²) in [5.74, 6) is 0.590. The van der Waals surface area contributed by atoms with Gasteiger partial charge in [-0.25, -0.2) is 4.52 Å². The molecule has 1 saturated heterocycles. The average molecular weight is 300 g/mol. The van der Waals surface area contributed by atoms with Crippen molar-refractivity contribution in [3.63, 3.8) is 0 Å². The van der Waals surface area contributed by atoms with Gasteiger partial charge in [-0.1, -0.05) is 0 Å². The molecule has 6 heteroatoms. The molecule has 2 N–H and O–H groups in total. The lowest BCUT2D eigenvalue weighted by molar-refractivity contribution is 0.0883. The summed E-state index contributed by atoms with van der Waals surface area (Å²) in [5.41, 5.74) is 1.41. The van der Waals surface area contributed by atoms with Crippen LogP contribution in [0.2, 0.25) is 0 Å². The Morgan fingerprint density at radius 1 is 1.55 bits per heavy atom. The molecule has 0 bridgehead atoms. The number of hydrogen-bond acceptors (Lipinski definition) is 4. The van der Waals surface area contributed by atoms with E-state index in [0.717, 1.165) is 31.3 Å². The number of pyridine rings is 1. The van der Waals surface area contributed by atoms with E-state index in [2.05, 4.69) is 15.7 Å². The molecule has 6 nitrogen and oxygen atoms in total. The minimum atomic E-state index is -0.0699. The normalized spacial score (nSPS) is 22.7. The lowest BCUT2D eigenvalue weighted by Crippen LogP contribution is -2.59. The highest BCUT2D eigenvalue weighted by molar-refractivity contribution is 6.02. The standard InChI is InChI=1S/C16H20N4O2/c1-22-12-4-2-9-20-14(12)11(10-18-20)15(21)19-13-5-8-17-16(13)6-3-7-16/h2,4,9-10,13,17H,3,5-8H2,1H3,(H,19,21). The molecule has 3 heterocycles. The molecule has 1 amide bonds. The number of rotatable bonds is 3. The highest BCUT2D eigenvalue weighted by Gasteiger charge is 2.47. The van der Waals surface area contributed by atoms with E-state index in [-0.39, 0.29) is 17.5 Å². The van der Waals surface area contributed by atoms with E-state index in [9.17, 15) is 4.79 Å². The van der Waals surface area contributed by atoms with Gasteiger partial charge in [0.15, 0.2) is 0 Å². The maximum absolute atomic E-state index is 12.7. The third-order valence-corrected chi connectivity index (χ3v) is 5.10. The largest absolute Gasteiger partial charge is 0.494 e. The summed E-state index contributed by atoms with van der Waals surface area (Å²) in [5, 5.41) is 11.0. The van der Waals surface area contributed by atoms with Crippen molar-refractivity contribution < 1.29 is 9.53 Å². The second kappa shape index (κ2) is 4.98. The van der Waals surface area contributed by atoms with Crippen LogP contribution in [-0.2, 0) is 0 Å². The van der Waals surface area contributed by atoms with Gasteiger partial charge in [0.25, 0.3) is 5.91 Å². The Kier molecular flexibility index (Phi) is 3.07. The van der Waals surface area contributed by atoms with Gasteiger partial charge in [0, 0.05) is 17.8 Å². The molecule has 1 unspecified atom stereocenters. The predicted octanol–water partition coefficient (Wildman–Crippen LogP) is 1.36. The molecule has 0 aromatic carbocycles. The molecule has 1 spiro atoms. The summed E-state index contributed by atoms with van der Waals surface area (Å²) in [6, 6.07) is 3.90. The van der Waals surface area contributed by atoms with Crippen LogP contribution in [-0.4, -0.2) is 40.8 Å². The third-order valence-electron chi connectivity index (χ3n) is 5.10. The zero-order valence-electron chi connectivity index (χ0n) is 12.6. The van der Waals surface area contributed by atoms with Crippen LogP contribution in [0.1, 0.15) is 36.0 Å².